The lowest BCUT2D eigenvalue weighted by molar-refractivity contribution is -0.137. The van der Waals surface area contributed by atoms with Crippen LogP contribution in [-0.4, -0.2) is 46.5 Å². The molecule has 8 heteroatoms. The minimum absolute atomic E-state index is 0.228. The molecule has 1 aromatic carbocycles. The van der Waals surface area contributed by atoms with Gasteiger partial charge in [-0.25, -0.2) is 4.98 Å². The number of fused-ring (bicyclic) bond motifs is 3. The largest absolute Gasteiger partial charge is 0.495 e. The lowest BCUT2D eigenvalue weighted by Gasteiger charge is -2.39. The Hall–Kier alpha value is -3.86. The van der Waals surface area contributed by atoms with Crippen LogP contribution in [0, 0.1) is 36.0 Å². The number of aromatic nitrogens is 2. The molecule has 1 saturated heterocycles. The first kappa shape index (κ1) is 25.4. The van der Waals surface area contributed by atoms with Crippen molar-refractivity contribution in [2.24, 2.45) is 24.8 Å². The molecular weight excluding hydrogens is 490 g/mol. The number of piperidine rings is 1. The summed E-state index contributed by atoms with van der Waals surface area (Å²) in [6.45, 7) is 3.72. The van der Waals surface area contributed by atoms with Crippen molar-refractivity contribution < 1.29 is 14.3 Å². The minimum atomic E-state index is -0.297. The zero-order chi connectivity index (χ0) is 27.3. The molecule has 202 valence electrons. The van der Waals surface area contributed by atoms with Gasteiger partial charge in [0, 0.05) is 43.2 Å². The Bertz CT molecular complexity index is 1480. The Morgan fingerprint density at radius 3 is 2.51 bits per heavy atom. The molecule has 2 saturated carbocycles. The number of aryl methyl sites for hydroxylation is 2. The number of nitriles is 1. The molecule has 3 aromatic rings. The number of hydrogen-bond acceptors (Lipinski definition) is 5. The summed E-state index contributed by atoms with van der Waals surface area (Å²) in [7, 11) is 3.53. The predicted octanol–water partition coefficient (Wildman–Crippen LogP) is 5.16. The lowest BCUT2D eigenvalue weighted by Crippen LogP contribution is -2.46. The Kier molecular flexibility index (Phi) is 6.54. The zero-order valence-electron chi connectivity index (χ0n) is 22.9. The second-order valence-electron chi connectivity index (χ2n) is 11.5. The van der Waals surface area contributed by atoms with Gasteiger partial charge in [0.15, 0.2) is 0 Å². The van der Waals surface area contributed by atoms with Crippen molar-refractivity contribution in [3.63, 3.8) is 0 Å². The quantitative estimate of drug-likeness (QED) is 0.496. The SMILES string of the molecule is COc1ccc(C(=O)Nc2cnc3c(c(C4[C@@H]5CC[C@H]4CN(C(=O)C4CCCC4)C5)cn3C)c2C)cc1C#N. The Labute approximate surface area is 228 Å². The highest BCUT2D eigenvalue weighted by atomic mass is 16.5. The fourth-order valence-electron chi connectivity index (χ4n) is 7.39. The van der Waals surface area contributed by atoms with Crippen LogP contribution in [0.5, 0.6) is 5.75 Å². The van der Waals surface area contributed by atoms with Crippen LogP contribution < -0.4 is 10.1 Å². The third kappa shape index (κ3) is 4.34. The number of nitrogens with one attached hydrogen (secondary N) is 1. The van der Waals surface area contributed by atoms with Crippen LogP contribution in [0.4, 0.5) is 5.69 Å². The van der Waals surface area contributed by atoms with E-state index in [1.54, 1.807) is 24.4 Å². The first-order valence-electron chi connectivity index (χ1n) is 14.0. The van der Waals surface area contributed by atoms with Crippen LogP contribution in [0.1, 0.15) is 71.5 Å². The van der Waals surface area contributed by atoms with E-state index in [1.807, 2.05) is 14.0 Å². The van der Waals surface area contributed by atoms with Gasteiger partial charge in [0.2, 0.25) is 5.91 Å². The zero-order valence-corrected chi connectivity index (χ0v) is 22.9. The van der Waals surface area contributed by atoms with Gasteiger partial charge in [0.05, 0.1) is 24.6 Å². The molecule has 0 radical (unpaired) electrons. The summed E-state index contributed by atoms with van der Waals surface area (Å²) < 4.78 is 7.29. The normalized spacial score (nSPS) is 22.7. The van der Waals surface area contributed by atoms with Crippen LogP contribution in [0.2, 0.25) is 0 Å². The van der Waals surface area contributed by atoms with E-state index in [-0.39, 0.29) is 11.8 Å². The summed E-state index contributed by atoms with van der Waals surface area (Å²) in [6.07, 6.45) is 10.7. The Morgan fingerprint density at radius 1 is 1.13 bits per heavy atom. The molecular formula is C31H35N5O3. The van der Waals surface area contributed by atoms with Gasteiger partial charge in [0.1, 0.15) is 17.5 Å². The molecule has 3 atom stereocenters. The highest BCUT2D eigenvalue weighted by Gasteiger charge is 2.46. The van der Waals surface area contributed by atoms with E-state index in [0.717, 1.165) is 55.4 Å². The number of methoxy groups -OCH3 is 1. The number of ether oxygens (including phenoxy) is 1. The molecule has 2 aliphatic carbocycles. The van der Waals surface area contributed by atoms with Crippen molar-refractivity contribution in [2.45, 2.75) is 51.4 Å². The predicted molar refractivity (Wildman–Crippen MR) is 149 cm³/mol. The third-order valence-electron chi connectivity index (χ3n) is 9.31. The van der Waals surface area contributed by atoms with Crippen molar-refractivity contribution in [3.8, 4) is 11.8 Å². The smallest absolute Gasteiger partial charge is 0.255 e. The number of hydrogen-bond donors (Lipinski definition) is 1. The van der Waals surface area contributed by atoms with Crippen molar-refractivity contribution >= 4 is 28.5 Å². The highest BCUT2D eigenvalue weighted by Crippen LogP contribution is 2.51. The van der Waals surface area contributed by atoms with Gasteiger partial charge >= 0.3 is 0 Å². The number of pyridine rings is 1. The monoisotopic (exact) mass is 525 g/mol. The average Bonchev–Trinajstić information content (AvgIpc) is 3.66. The van der Waals surface area contributed by atoms with Crippen molar-refractivity contribution in [3.05, 3.63) is 52.8 Å². The fraction of sp³-hybridized carbons (Fsp3) is 0.484. The van der Waals surface area contributed by atoms with Crippen molar-refractivity contribution in [2.75, 3.05) is 25.5 Å². The summed E-state index contributed by atoms with van der Waals surface area (Å²) in [5.41, 5.74) is 4.54. The van der Waals surface area contributed by atoms with Crippen LogP contribution in [0.25, 0.3) is 11.0 Å². The highest BCUT2D eigenvalue weighted by molar-refractivity contribution is 6.06. The molecule has 3 fully saturated rings. The van der Waals surface area contributed by atoms with Gasteiger partial charge in [-0.05, 0) is 79.7 Å². The lowest BCUT2D eigenvalue weighted by atomic mass is 9.79. The first-order valence-corrected chi connectivity index (χ1v) is 14.0. The van der Waals surface area contributed by atoms with Crippen molar-refractivity contribution in [1.82, 2.24) is 14.5 Å². The van der Waals surface area contributed by atoms with Gasteiger partial charge in [-0.2, -0.15) is 5.26 Å². The molecule has 1 N–H and O–H groups in total. The van der Waals surface area contributed by atoms with Crippen LogP contribution in [-0.2, 0) is 11.8 Å². The summed E-state index contributed by atoms with van der Waals surface area (Å²) in [6, 6.07) is 6.92. The second-order valence-corrected chi connectivity index (χ2v) is 11.5. The average molecular weight is 526 g/mol. The van der Waals surface area contributed by atoms with Gasteiger partial charge in [-0.15, -0.1) is 0 Å². The number of rotatable bonds is 5. The molecule has 2 amide bonds. The van der Waals surface area contributed by atoms with Gasteiger partial charge in [-0.3, -0.25) is 9.59 Å². The number of nitrogens with zero attached hydrogens (tertiary/aromatic N) is 4. The number of carbonyl (C=O) groups excluding carboxylic acids is 2. The van der Waals surface area contributed by atoms with E-state index in [0.29, 0.717) is 46.2 Å². The molecule has 0 spiro atoms. The molecule has 1 unspecified atom stereocenters. The fourth-order valence-corrected chi connectivity index (χ4v) is 7.39. The number of amides is 2. The molecule has 2 aromatic heterocycles. The van der Waals surface area contributed by atoms with Gasteiger partial charge in [-0.1, -0.05) is 12.8 Å². The topological polar surface area (TPSA) is 100 Å². The number of benzene rings is 1. The first-order chi connectivity index (χ1) is 18.9. The van der Waals surface area contributed by atoms with E-state index in [9.17, 15) is 14.9 Å². The molecule has 1 aliphatic heterocycles. The van der Waals surface area contributed by atoms with E-state index in [4.69, 9.17) is 9.72 Å². The molecule has 8 nitrogen and oxygen atoms in total. The van der Waals surface area contributed by atoms with Crippen molar-refractivity contribution in [1.29, 1.82) is 5.26 Å². The Balaban J connectivity index is 1.29. The summed E-state index contributed by atoms with van der Waals surface area (Å²) in [5, 5.41) is 13.5. The van der Waals surface area contributed by atoms with E-state index < -0.39 is 0 Å². The maximum absolute atomic E-state index is 13.2. The van der Waals surface area contributed by atoms with E-state index in [2.05, 4.69) is 27.0 Å². The molecule has 3 heterocycles. The van der Waals surface area contributed by atoms with Crippen LogP contribution in [0.3, 0.4) is 0 Å². The van der Waals surface area contributed by atoms with Crippen LogP contribution >= 0.6 is 0 Å². The minimum Gasteiger partial charge on any atom is -0.495 e. The Morgan fingerprint density at radius 2 is 1.85 bits per heavy atom. The van der Waals surface area contributed by atoms with Gasteiger partial charge in [0.25, 0.3) is 5.91 Å². The molecule has 39 heavy (non-hydrogen) atoms. The second kappa shape index (κ2) is 10.0. The maximum atomic E-state index is 13.2. The van der Waals surface area contributed by atoms with Crippen LogP contribution in [0.15, 0.2) is 30.6 Å². The van der Waals surface area contributed by atoms with E-state index >= 15 is 0 Å². The summed E-state index contributed by atoms with van der Waals surface area (Å²) in [4.78, 5) is 33.3. The summed E-state index contributed by atoms with van der Waals surface area (Å²) in [5.74, 6) is 2.02. The molecule has 2 bridgehead atoms. The number of likely N-dealkylation sites (tertiary alicyclic amines) is 1. The molecule has 6 rings (SSSR count). The van der Waals surface area contributed by atoms with Gasteiger partial charge < -0.3 is 19.5 Å². The summed E-state index contributed by atoms with van der Waals surface area (Å²) >= 11 is 0. The standard InChI is InChI=1S/C31H35N5O3/c1-18-25(34-30(37)20-10-11-26(39-3)23(12-20)13-32)14-33-29-27(18)24(17-35(29)2)28-21-8-9-22(28)16-36(15-21)31(38)19-6-4-5-7-19/h10-12,14,17,19,21-22,28H,4-9,15-16H2,1-3H3,(H,34,37)/t21-,22+,28?. The molecule has 3 aliphatic rings. The number of carbonyl (C=O) groups is 2. The maximum Gasteiger partial charge on any atom is 0.255 e. The van der Waals surface area contributed by atoms with E-state index in [1.165, 1.54) is 25.5 Å². The number of anilines is 1. The third-order valence-corrected chi connectivity index (χ3v) is 9.31.